The van der Waals surface area contributed by atoms with Crippen LogP contribution in [0.25, 0.3) is 0 Å². The number of fused-ring (bicyclic) bond motifs is 5. The van der Waals surface area contributed by atoms with E-state index >= 15 is 0 Å². The summed E-state index contributed by atoms with van der Waals surface area (Å²) in [4.78, 5) is 49.4. The molecule has 4 aliphatic carbocycles. The van der Waals surface area contributed by atoms with Crippen molar-refractivity contribution in [2.24, 2.45) is 28.6 Å². The van der Waals surface area contributed by atoms with Crippen molar-refractivity contribution in [3.63, 3.8) is 0 Å². The summed E-state index contributed by atoms with van der Waals surface area (Å²) in [7, 11) is 0. The van der Waals surface area contributed by atoms with Crippen LogP contribution < -0.4 is 0 Å². The largest absolute Gasteiger partial charge is 0.458 e. The predicted octanol–water partition coefficient (Wildman–Crippen LogP) is 2.56. The van der Waals surface area contributed by atoms with E-state index in [1.165, 1.54) is 6.92 Å². The number of esters is 1. The molecule has 0 radical (unpaired) electrons. The van der Waals surface area contributed by atoms with Crippen LogP contribution in [0.3, 0.4) is 0 Å². The van der Waals surface area contributed by atoms with E-state index in [1.54, 1.807) is 6.08 Å². The second kappa shape index (κ2) is 6.59. The van der Waals surface area contributed by atoms with Crippen molar-refractivity contribution in [1.82, 2.24) is 0 Å². The average molecular weight is 402 g/mol. The minimum Gasteiger partial charge on any atom is -0.458 e. The van der Waals surface area contributed by atoms with E-state index in [1.807, 2.05) is 6.92 Å². The van der Waals surface area contributed by atoms with Crippen LogP contribution in [-0.2, 0) is 23.9 Å². The molecule has 3 saturated carbocycles. The fourth-order valence-electron chi connectivity index (χ4n) is 7.13. The van der Waals surface area contributed by atoms with Crippen LogP contribution in [0.15, 0.2) is 11.6 Å². The zero-order chi connectivity index (χ0) is 21.2. The molecule has 0 saturated heterocycles. The molecular weight excluding hydrogens is 372 g/mol. The highest BCUT2D eigenvalue weighted by molar-refractivity contribution is 5.95. The Morgan fingerprint density at radius 3 is 2.59 bits per heavy atom. The maximum absolute atomic E-state index is 13.5. The molecule has 0 bridgehead atoms. The number of Topliss-reactive ketones (excluding diaryl/α,β-unsaturated/α-hetero) is 2. The summed E-state index contributed by atoms with van der Waals surface area (Å²) in [6.45, 7) is 4.76. The number of ether oxygens (including phenoxy) is 1. The first-order valence-corrected chi connectivity index (χ1v) is 10.7. The Kier molecular flexibility index (Phi) is 4.65. The third-order valence-corrected chi connectivity index (χ3v) is 8.67. The van der Waals surface area contributed by atoms with Crippen molar-refractivity contribution in [2.75, 3.05) is 6.61 Å². The van der Waals surface area contributed by atoms with E-state index in [-0.39, 0.29) is 41.2 Å². The number of aliphatic hydroxyl groups is 1. The Balaban J connectivity index is 1.66. The number of carbonyl (C=O) groups excluding carboxylic acids is 4. The third-order valence-electron chi connectivity index (χ3n) is 8.67. The van der Waals surface area contributed by atoms with Crippen molar-refractivity contribution in [3.8, 4) is 0 Å². The molecule has 0 aliphatic heterocycles. The average Bonchev–Trinajstić information content (AvgIpc) is 2.91. The molecule has 29 heavy (non-hydrogen) atoms. The minimum atomic E-state index is -1.65. The Labute approximate surface area is 171 Å². The van der Waals surface area contributed by atoms with Crippen molar-refractivity contribution in [3.05, 3.63) is 11.6 Å². The van der Waals surface area contributed by atoms with Gasteiger partial charge in [-0.1, -0.05) is 19.4 Å². The van der Waals surface area contributed by atoms with Crippen LogP contribution in [-0.4, -0.2) is 40.6 Å². The molecule has 0 aromatic heterocycles. The van der Waals surface area contributed by atoms with Gasteiger partial charge in [-0.15, -0.1) is 0 Å². The van der Waals surface area contributed by atoms with Crippen LogP contribution in [0, 0.1) is 28.6 Å². The molecule has 0 amide bonds. The Morgan fingerprint density at radius 1 is 1.17 bits per heavy atom. The number of hydrogen-bond donors (Lipinski definition) is 1. The predicted molar refractivity (Wildman–Crippen MR) is 104 cm³/mol. The van der Waals surface area contributed by atoms with Crippen molar-refractivity contribution in [1.29, 1.82) is 0 Å². The molecule has 0 aromatic rings. The first-order valence-electron chi connectivity index (χ1n) is 10.7. The molecule has 6 heteroatoms. The summed E-state index contributed by atoms with van der Waals surface area (Å²) < 4.78 is 4.86. The zero-order valence-electron chi connectivity index (χ0n) is 17.5. The van der Waals surface area contributed by atoms with Crippen molar-refractivity contribution < 1.29 is 29.0 Å². The molecule has 0 aromatic carbocycles. The quantitative estimate of drug-likeness (QED) is 0.729. The van der Waals surface area contributed by atoms with E-state index in [0.717, 1.165) is 18.4 Å². The molecule has 6 nitrogen and oxygen atoms in total. The normalized spacial score (nSPS) is 43.7. The molecule has 6 atom stereocenters. The van der Waals surface area contributed by atoms with Crippen LogP contribution in [0.4, 0.5) is 0 Å². The molecule has 3 fully saturated rings. The maximum atomic E-state index is 13.5. The molecule has 0 heterocycles. The summed E-state index contributed by atoms with van der Waals surface area (Å²) in [5.74, 6) is -0.811. The van der Waals surface area contributed by atoms with Gasteiger partial charge in [-0.05, 0) is 55.4 Å². The van der Waals surface area contributed by atoms with Crippen molar-refractivity contribution >= 4 is 23.3 Å². The van der Waals surface area contributed by atoms with Gasteiger partial charge in [-0.2, -0.15) is 0 Å². The van der Waals surface area contributed by atoms with Crippen LogP contribution in [0.2, 0.25) is 0 Å². The van der Waals surface area contributed by atoms with Gasteiger partial charge < -0.3 is 9.84 Å². The van der Waals surface area contributed by atoms with Gasteiger partial charge in [0, 0.05) is 31.1 Å². The minimum absolute atomic E-state index is 0.0625. The summed E-state index contributed by atoms with van der Waals surface area (Å²) in [6.07, 6.45) is 5.66. The Bertz CT molecular complexity index is 827. The summed E-state index contributed by atoms with van der Waals surface area (Å²) in [5, 5.41) is 11.4. The molecule has 0 unspecified atom stereocenters. The number of rotatable bonds is 3. The van der Waals surface area contributed by atoms with E-state index in [2.05, 4.69) is 6.92 Å². The SMILES string of the molecule is CC(=O)OCC(=O)[C@@]1(O)CC[C@H]2[C@@H]3CCC4=CC(=O)CC[C@]4(C)[C@H]3C(=O)C[C@]21C. The van der Waals surface area contributed by atoms with Gasteiger partial charge in [0.2, 0.25) is 5.78 Å². The van der Waals surface area contributed by atoms with Crippen LogP contribution >= 0.6 is 0 Å². The van der Waals surface area contributed by atoms with Gasteiger partial charge >= 0.3 is 5.97 Å². The third kappa shape index (κ3) is 2.78. The monoisotopic (exact) mass is 402 g/mol. The summed E-state index contributed by atoms with van der Waals surface area (Å²) >= 11 is 0. The fraction of sp³-hybridized carbons (Fsp3) is 0.739. The highest BCUT2D eigenvalue weighted by Crippen LogP contribution is 2.66. The number of allylic oxidation sites excluding steroid dienone is 1. The van der Waals surface area contributed by atoms with Crippen molar-refractivity contribution in [2.45, 2.75) is 71.3 Å². The van der Waals surface area contributed by atoms with E-state index in [9.17, 15) is 24.3 Å². The molecule has 4 rings (SSSR count). The van der Waals surface area contributed by atoms with Gasteiger partial charge in [-0.25, -0.2) is 0 Å². The molecule has 158 valence electrons. The fourth-order valence-corrected chi connectivity index (χ4v) is 7.13. The van der Waals surface area contributed by atoms with E-state index in [0.29, 0.717) is 25.7 Å². The lowest BCUT2D eigenvalue weighted by Crippen LogP contribution is -2.61. The van der Waals surface area contributed by atoms with Crippen LogP contribution in [0.1, 0.15) is 65.7 Å². The topological polar surface area (TPSA) is 97.7 Å². The van der Waals surface area contributed by atoms with E-state index < -0.39 is 29.4 Å². The summed E-state index contributed by atoms with van der Waals surface area (Å²) in [6, 6.07) is 0. The number of carbonyl (C=O) groups is 4. The summed E-state index contributed by atoms with van der Waals surface area (Å²) in [5.41, 5.74) is -1.68. The lowest BCUT2D eigenvalue weighted by Gasteiger charge is -2.57. The van der Waals surface area contributed by atoms with Gasteiger partial charge in [0.25, 0.3) is 0 Å². The number of hydrogen-bond acceptors (Lipinski definition) is 6. The number of ketones is 3. The maximum Gasteiger partial charge on any atom is 0.303 e. The Morgan fingerprint density at radius 2 is 1.90 bits per heavy atom. The standard InChI is InChI=1S/C23H30O6/c1-13(24)29-12-19(27)23(28)9-7-17-16-5-4-14-10-15(25)6-8-21(14,2)20(16)18(26)11-22(17,23)3/h10,16-17,20,28H,4-9,11-12H2,1-3H3/t16-,17-,20+,21-,22+,23-/m0/s1. The Hall–Kier alpha value is -1.82. The van der Waals surface area contributed by atoms with Gasteiger partial charge in [-0.3, -0.25) is 19.2 Å². The second-order valence-electron chi connectivity index (χ2n) is 10.0. The highest BCUT2D eigenvalue weighted by Gasteiger charge is 2.68. The molecule has 0 spiro atoms. The van der Waals surface area contributed by atoms with Gasteiger partial charge in [0.15, 0.2) is 12.4 Å². The highest BCUT2D eigenvalue weighted by atomic mass is 16.5. The smallest absolute Gasteiger partial charge is 0.303 e. The lowest BCUT2D eigenvalue weighted by molar-refractivity contribution is -0.173. The van der Waals surface area contributed by atoms with Gasteiger partial charge in [0.05, 0.1) is 0 Å². The molecule has 1 N–H and O–H groups in total. The first kappa shape index (κ1) is 20.5. The van der Waals surface area contributed by atoms with Crippen LogP contribution in [0.5, 0.6) is 0 Å². The molecule has 4 aliphatic rings. The first-order chi connectivity index (χ1) is 13.5. The second-order valence-corrected chi connectivity index (χ2v) is 10.0. The molecular formula is C23H30O6. The van der Waals surface area contributed by atoms with Gasteiger partial charge in [0.1, 0.15) is 11.4 Å². The lowest BCUT2D eigenvalue weighted by atomic mass is 9.46. The van der Waals surface area contributed by atoms with E-state index in [4.69, 9.17) is 4.74 Å². The zero-order valence-corrected chi connectivity index (χ0v) is 17.5.